The van der Waals surface area contributed by atoms with E-state index in [2.05, 4.69) is 14.9 Å². The zero-order valence-corrected chi connectivity index (χ0v) is 16.3. The molecule has 0 radical (unpaired) electrons. The van der Waals surface area contributed by atoms with Crippen molar-refractivity contribution < 1.29 is 0 Å². The molecule has 3 aromatic rings. The van der Waals surface area contributed by atoms with Gasteiger partial charge >= 0.3 is 0 Å². The first-order valence-electron chi connectivity index (χ1n) is 8.72. The topological polar surface area (TPSA) is 61.9 Å². The molecule has 138 valence electrons. The summed E-state index contributed by atoms with van der Waals surface area (Å²) in [7, 11) is 0. The third-order valence-corrected chi connectivity index (χ3v) is 5.30. The summed E-state index contributed by atoms with van der Waals surface area (Å²) >= 11 is 12.1. The van der Waals surface area contributed by atoms with E-state index in [1.165, 1.54) is 5.56 Å². The van der Waals surface area contributed by atoms with Crippen molar-refractivity contribution in [2.75, 3.05) is 6.54 Å². The average molecular weight is 401 g/mol. The van der Waals surface area contributed by atoms with Crippen LogP contribution in [0.4, 0.5) is 0 Å². The lowest BCUT2D eigenvalue weighted by molar-refractivity contribution is 0.240. The van der Waals surface area contributed by atoms with Crippen LogP contribution in [0.15, 0.2) is 41.2 Å². The Bertz CT molecular complexity index is 1050. The van der Waals surface area contributed by atoms with Crippen molar-refractivity contribution in [2.45, 2.75) is 26.4 Å². The molecule has 0 saturated carbocycles. The normalized spacial score (nSPS) is 14.2. The van der Waals surface area contributed by atoms with Gasteiger partial charge in [0.05, 0.1) is 5.69 Å². The summed E-state index contributed by atoms with van der Waals surface area (Å²) in [6.45, 7) is 4.02. The van der Waals surface area contributed by atoms with E-state index in [1.807, 2.05) is 37.3 Å². The van der Waals surface area contributed by atoms with E-state index < -0.39 is 0 Å². The van der Waals surface area contributed by atoms with Gasteiger partial charge in [0.15, 0.2) is 0 Å². The van der Waals surface area contributed by atoms with E-state index in [1.54, 1.807) is 6.07 Å². The van der Waals surface area contributed by atoms with Crippen molar-refractivity contribution in [3.8, 4) is 11.4 Å². The van der Waals surface area contributed by atoms with E-state index >= 15 is 0 Å². The first kappa shape index (κ1) is 18.2. The Morgan fingerprint density at radius 1 is 1.11 bits per heavy atom. The predicted octanol–water partition coefficient (Wildman–Crippen LogP) is 4.01. The molecule has 1 aliphatic heterocycles. The van der Waals surface area contributed by atoms with Gasteiger partial charge in [-0.2, -0.15) is 0 Å². The number of hydrogen-bond donors (Lipinski definition) is 1. The van der Waals surface area contributed by atoms with Crippen molar-refractivity contribution >= 4 is 23.2 Å². The van der Waals surface area contributed by atoms with E-state index in [0.717, 1.165) is 28.9 Å². The smallest absolute Gasteiger partial charge is 0.254 e. The summed E-state index contributed by atoms with van der Waals surface area (Å²) in [5.41, 5.74) is 4.51. The van der Waals surface area contributed by atoms with Crippen LogP contribution in [0.5, 0.6) is 0 Å². The maximum atomic E-state index is 12.5. The molecule has 5 nitrogen and oxygen atoms in total. The molecule has 0 unspecified atom stereocenters. The van der Waals surface area contributed by atoms with Crippen LogP contribution in [0.2, 0.25) is 10.3 Å². The quantitative estimate of drug-likeness (QED) is 0.674. The maximum Gasteiger partial charge on any atom is 0.254 e. The fourth-order valence-electron chi connectivity index (χ4n) is 3.28. The molecule has 0 atom stereocenters. The highest BCUT2D eigenvalue weighted by atomic mass is 35.5. The summed E-state index contributed by atoms with van der Waals surface area (Å²) in [5.74, 6) is 0.604. The van der Waals surface area contributed by atoms with E-state index in [4.69, 9.17) is 28.2 Å². The minimum Gasteiger partial charge on any atom is -0.306 e. The molecule has 4 rings (SSSR count). The van der Waals surface area contributed by atoms with Crippen LogP contribution in [-0.2, 0) is 19.5 Å². The van der Waals surface area contributed by atoms with E-state index in [-0.39, 0.29) is 5.56 Å². The lowest BCUT2D eigenvalue weighted by atomic mass is 10.0. The second-order valence-corrected chi connectivity index (χ2v) is 7.50. The van der Waals surface area contributed by atoms with Gasteiger partial charge in [-0.1, -0.05) is 59.1 Å². The molecular weight excluding hydrogens is 383 g/mol. The standard InChI is InChI=1S/C20H18Cl2N4O/c1-12-2-4-13(5-3-12)19-23-16-11-26(9-8-15(16)20(27)25-19)10-14-6-7-17(21)24-18(14)22/h2-7H,8-11H2,1H3,(H,23,25,27). The minimum atomic E-state index is -0.0542. The van der Waals surface area contributed by atoms with Gasteiger partial charge in [-0.3, -0.25) is 9.69 Å². The monoisotopic (exact) mass is 400 g/mol. The molecule has 0 bridgehead atoms. The van der Waals surface area contributed by atoms with Crippen molar-refractivity contribution in [3.63, 3.8) is 0 Å². The highest BCUT2D eigenvalue weighted by molar-refractivity contribution is 6.32. The second-order valence-electron chi connectivity index (χ2n) is 6.75. The molecule has 7 heteroatoms. The van der Waals surface area contributed by atoms with Gasteiger partial charge in [0.1, 0.15) is 16.1 Å². The molecule has 0 saturated heterocycles. The van der Waals surface area contributed by atoms with Crippen LogP contribution in [-0.4, -0.2) is 26.4 Å². The Morgan fingerprint density at radius 2 is 1.89 bits per heavy atom. The number of rotatable bonds is 3. The maximum absolute atomic E-state index is 12.5. The molecule has 0 fully saturated rings. The molecule has 0 amide bonds. The van der Waals surface area contributed by atoms with Crippen LogP contribution in [0, 0.1) is 6.92 Å². The Kier molecular flexibility index (Phi) is 5.00. The number of aromatic amines is 1. The van der Waals surface area contributed by atoms with Gasteiger partial charge < -0.3 is 4.98 Å². The van der Waals surface area contributed by atoms with Crippen LogP contribution >= 0.6 is 23.2 Å². The van der Waals surface area contributed by atoms with Crippen LogP contribution in [0.1, 0.15) is 22.4 Å². The Hall–Kier alpha value is -2.21. The van der Waals surface area contributed by atoms with Gasteiger partial charge in [0.2, 0.25) is 0 Å². The average Bonchev–Trinajstić information content (AvgIpc) is 2.64. The highest BCUT2D eigenvalue weighted by Gasteiger charge is 2.22. The lowest BCUT2D eigenvalue weighted by Gasteiger charge is -2.27. The molecule has 3 heterocycles. The molecule has 27 heavy (non-hydrogen) atoms. The Balaban J connectivity index is 1.61. The molecule has 2 aromatic heterocycles. The zero-order valence-electron chi connectivity index (χ0n) is 14.8. The number of benzene rings is 1. The molecule has 0 spiro atoms. The Labute approximate surface area is 167 Å². The fraction of sp³-hybridized carbons (Fsp3) is 0.250. The largest absolute Gasteiger partial charge is 0.306 e. The molecule has 1 aromatic carbocycles. The number of nitrogens with zero attached hydrogens (tertiary/aromatic N) is 3. The first-order chi connectivity index (χ1) is 13.0. The minimum absolute atomic E-state index is 0.0542. The molecule has 0 aliphatic carbocycles. The van der Waals surface area contributed by atoms with E-state index in [0.29, 0.717) is 35.6 Å². The number of fused-ring (bicyclic) bond motifs is 1. The van der Waals surface area contributed by atoms with Crippen molar-refractivity contribution in [1.82, 2.24) is 19.9 Å². The number of pyridine rings is 1. The number of halogens is 2. The fourth-order valence-corrected chi connectivity index (χ4v) is 3.68. The summed E-state index contributed by atoms with van der Waals surface area (Å²) in [6, 6.07) is 11.6. The molecule has 1 N–H and O–H groups in total. The summed E-state index contributed by atoms with van der Waals surface area (Å²) in [5, 5.41) is 0.788. The Morgan fingerprint density at radius 3 is 2.63 bits per heavy atom. The van der Waals surface area contributed by atoms with Gasteiger partial charge in [-0.15, -0.1) is 0 Å². The zero-order chi connectivity index (χ0) is 19.0. The number of H-pyrrole nitrogens is 1. The van der Waals surface area contributed by atoms with Gasteiger partial charge in [0.25, 0.3) is 5.56 Å². The molecular formula is C20H18Cl2N4O. The summed E-state index contributed by atoms with van der Waals surface area (Å²) in [4.78, 5) is 26.5. The van der Waals surface area contributed by atoms with Crippen molar-refractivity contribution in [2.24, 2.45) is 0 Å². The summed E-state index contributed by atoms with van der Waals surface area (Å²) in [6.07, 6.45) is 0.657. The SMILES string of the molecule is Cc1ccc(-c2nc3c(c(=O)[nH]2)CCN(Cc2ccc(Cl)nc2Cl)C3)cc1. The van der Waals surface area contributed by atoms with Crippen LogP contribution in [0.3, 0.4) is 0 Å². The highest BCUT2D eigenvalue weighted by Crippen LogP contribution is 2.23. The van der Waals surface area contributed by atoms with Crippen LogP contribution < -0.4 is 5.56 Å². The van der Waals surface area contributed by atoms with Crippen molar-refractivity contribution in [3.05, 3.63) is 79.4 Å². The second kappa shape index (κ2) is 7.43. The van der Waals surface area contributed by atoms with Crippen molar-refractivity contribution in [1.29, 1.82) is 0 Å². The first-order valence-corrected chi connectivity index (χ1v) is 9.47. The third-order valence-electron chi connectivity index (χ3n) is 4.76. The third kappa shape index (κ3) is 3.90. The van der Waals surface area contributed by atoms with Gasteiger partial charge in [0, 0.05) is 36.3 Å². The number of aryl methyl sites for hydroxylation is 1. The predicted molar refractivity (Wildman–Crippen MR) is 107 cm³/mol. The van der Waals surface area contributed by atoms with Crippen LogP contribution in [0.25, 0.3) is 11.4 Å². The summed E-state index contributed by atoms with van der Waals surface area (Å²) < 4.78 is 0. The number of hydrogen-bond acceptors (Lipinski definition) is 4. The van der Waals surface area contributed by atoms with E-state index in [9.17, 15) is 4.79 Å². The lowest BCUT2D eigenvalue weighted by Crippen LogP contribution is -2.35. The number of nitrogens with one attached hydrogen (secondary N) is 1. The van der Waals surface area contributed by atoms with Gasteiger partial charge in [-0.25, -0.2) is 9.97 Å². The molecule has 1 aliphatic rings. The number of aromatic nitrogens is 3. The van der Waals surface area contributed by atoms with Gasteiger partial charge in [-0.05, 0) is 19.4 Å².